The number of oxazole rings is 1. The van der Waals surface area contributed by atoms with Gasteiger partial charge in [-0.3, -0.25) is 9.78 Å². The Morgan fingerprint density at radius 1 is 0.967 bits per heavy atom. The van der Waals surface area contributed by atoms with E-state index in [2.05, 4.69) is 20.3 Å². The molecule has 0 saturated carbocycles. The van der Waals surface area contributed by atoms with Gasteiger partial charge >= 0.3 is 0 Å². The highest BCUT2D eigenvalue weighted by Gasteiger charge is 2.11. The molecule has 0 spiro atoms. The molecule has 7 heteroatoms. The van der Waals surface area contributed by atoms with Crippen molar-refractivity contribution in [3.63, 3.8) is 0 Å². The van der Waals surface area contributed by atoms with E-state index in [0.29, 0.717) is 11.6 Å². The Morgan fingerprint density at radius 2 is 1.80 bits per heavy atom. The minimum absolute atomic E-state index is 0.123. The van der Waals surface area contributed by atoms with Gasteiger partial charge in [0.25, 0.3) is 0 Å². The van der Waals surface area contributed by atoms with Crippen LogP contribution < -0.4 is 5.32 Å². The first-order valence-electron chi connectivity index (χ1n) is 9.36. The van der Waals surface area contributed by atoms with E-state index in [1.165, 1.54) is 11.3 Å². The van der Waals surface area contributed by atoms with Crippen LogP contribution in [-0.2, 0) is 11.2 Å². The predicted molar refractivity (Wildman–Crippen MR) is 117 cm³/mol. The maximum atomic E-state index is 12.4. The number of carbonyl (C=O) groups is 1. The molecule has 0 saturated heterocycles. The Bertz CT molecular complexity index is 1280. The van der Waals surface area contributed by atoms with Gasteiger partial charge in [-0.1, -0.05) is 18.2 Å². The molecule has 5 aromatic rings. The Balaban J connectivity index is 1.25. The highest BCUT2D eigenvalue weighted by atomic mass is 32.1. The monoisotopic (exact) mass is 412 g/mol. The van der Waals surface area contributed by atoms with Crippen LogP contribution in [0.5, 0.6) is 0 Å². The number of nitrogens with one attached hydrogen (secondary N) is 1. The Kier molecular flexibility index (Phi) is 4.78. The smallest absolute Gasteiger partial charge is 0.230 e. The first-order valence-corrected chi connectivity index (χ1v) is 10.2. The fourth-order valence-corrected chi connectivity index (χ4v) is 3.85. The molecule has 1 N–H and O–H groups in total. The van der Waals surface area contributed by atoms with Crippen molar-refractivity contribution >= 4 is 34.0 Å². The number of benzene rings is 2. The molecular formula is C23H16N4O2S. The molecule has 3 aromatic heterocycles. The molecule has 1 amide bonds. The highest BCUT2D eigenvalue weighted by molar-refractivity contribution is 7.13. The quantitative estimate of drug-likeness (QED) is 0.429. The van der Waals surface area contributed by atoms with Crippen molar-refractivity contribution in [2.45, 2.75) is 6.42 Å². The SMILES string of the molecule is O=C(Cc1csc(-c2ccccn2)n1)Nc1ccc(-c2nc3ccccc3o2)cc1. The first-order chi connectivity index (χ1) is 14.7. The molecule has 0 radical (unpaired) electrons. The second-order valence-electron chi connectivity index (χ2n) is 6.65. The second kappa shape index (κ2) is 7.88. The predicted octanol–water partition coefficient (Wildman–Crippen LogP) is 5.19. The van der Waals surface area contributed by atoms with Gasteiger partial charge in [-0.15, -0.1) is 11.3 Å². The summed E-state index contributed by atoms with van der Waals surface area (Å²) in [5.41, 5.74) is 4.66. The minimum atomic E-state index is -0.123. The average Bonchev–Trinajstić information content (AvgIpc) is 3.42. The topological polar surface area (TPSA) is 80.9 Å². The van der Waals surface area contributed by atoms with Gasteiger partial charge in [0.2, 0.25) is 11.8 Å². The normalized spacial score (nSPS) is 10.9. The van der Waals surface area contributed by atoms with Crippen LogP contribution in [0.15, 0.2) is 82.7 Å². The van der Waals surface area contributed by atoms with Crippen molar-refractivity contribution < 1.29 is 9.21 Å². The van der Waals surface area contributed by atoms with Crippen LogP contribution in [0.4, 0.5) is 5.69 Å². The number of hydrogen-bond donors (Lipinski definition) is 1. The summed E-state index contributed by atoms with van der Waals surface area (Å²) in [5.74, 6) is 0.432. The summed E-state index contributed by atoms with van der Waals surface area (Å²) in [4.78, 5) is 25.7. The third kappa shape index (κ3) is 3.83. The lowest BCUT2D eigenvalue weighted by atomic mass is 10.2. The number of fused-ring (bicyclic) bond motifs is 1. The van der Waals surface area contributed by atoms with E-state index in [4.69, 9.17) is 4.42 Å². The Morgan fingerprint density at radius 3 is 2.60 bits per heavy atom. The van der Waals surface area contributed by atoms with Crippen LogP contribution in [-0.4, -0.2) is 20.9 Å². The molecule has 3 heterocycles. The van der Waals surface area contributed by atoms with E-state index in [1.54, 1.807) is 6.20 Å². The van der Waals surface area contributed by atoms with Crippen molar-refractivity contribution in [3.8, 4) is 22.2 Å². The first kappa shape index (κ1) is 18.2. The zero-order valence-corrected chi connectivity index (χ0v) is 16.6. The van der Waals surface area contributed by atoms with Crippen molar-refractivity contribution in [2.24, 2.45) is 0 Å². The zero-order valence-electron chi connectivity index (χ0n) is 15.8. The molecule has 5 rings (SSSR count). The number of hydrogen-bond acceptors (Lipinski definition) is 6. The summed E-state index contributed by atoms with van der Waals surface area (Å²) >= 11 is 1.48. The van der Waals surface area contributed by atoms with Crippen molar-refractivity contribution in [2.75, 3.05) is 5.32 Å². The molecule has 146 valence electrons. The standard InChI is InChI=1S/C23H16N4O2S/c28-21(13-17-14-30-23(26-17)19-6-3-4-12-24-19)25-16-10-8-15(9-11-16)22-27-18-5-1-2-7-20(18)29-22/h1-12,14H,13H2,(H,25,28). The van der Waals surface area contributed by atoms with Crippen molar-refractivity contribution in [1.29, 1.82) is 0 Å². The van der Waals surface area contributed by atoms with Gasteiger partial charge < -0.3 is 9.73 Å². The van der Waals surface area contributed by atoms with E-state index in [1.807, 2.05) is 72.1 Å². The van der Waals surface area contributed by atoms with Crippen LogP contribution in [0.25, 0.3) is 33.3 Å². The molecule has 6 nitrogen and oxygen atoms in total. The van der Waals surface area contributed by atoms with Crippen LogP contribution in [0.3, 0.4) is 0 Å². The highest BCUT2D eigenvalue weighted by Crippen LogP contribution is 2.25. The number of thiazole rings is 1. The molecule has 0 aliphatic heterocycles. The van der Waals surface area contributed by atoms with Crippen LogP contribution in [0.2, 0.25) is 0 Å². The summed E-state index contributed by atoms with van der Waals surface area (Å²) in [7, 11) is 0. The van der Waals surface area contributed by atoms with E-state index >= 15 is 0 Å². The Hall–Kier alpha value is -3.84. The van der Waals surface area contributed by atoms with E-state index in [9.17, 15) is 4.79 Å². The van der Waals surface area contributed by atoms with Crippen LogP contribution in [0.1, 0.15) is 5.69 Å². The van der Waals surface area contributed by atoms with Gasteiger partial charge in [-0.2, -0.15) is 0 Å². The van der Waals surface area contributed by atoms with Gasteiger partial charge in [-0.05, 0) is 48.5 Å². The maximum absolute atomic E-state index is 12.4. The molecule has 0 bridgehead atoms. The lowest BCUT2D eigenvalue weighted by Gasteiger charge is -2.04. The van der Waals surface area contributed by atoms with E-state index in [0.717, 1.165) is 33.1 Å². The summed E-state index contributed by atoms with van der Waals surface area (Å²) < 4.78 is 5.78. The number of pyridine rings is 1. The van der Waals surface area contributed by atoms with Crippen molar-refractivity contribution in [3.05, 3.63) is 84.0 Å². The Labute approximate surface area is 176 Å². The molecule has 0 atom stereocenters. The van der Waals surface area contributed by atoms with Crippen LogP contribution >= 0.6 is 11.3 Å². The zero-order chi connectivity index (χ0) is 20.3. The molecule has 30 heavy (non-hydrogen) atoms. The molecule has 0 fully saturated rings. The van der Waals surface area contributed by atoms with Gasteiger partial charge in [0.15, 0.2) is 5.58 Å². The van der Waals surface area contributed by atoms with E-state index in [-0.39, 0.29) is 12.3 Å². The number of amides is 1. The van der Waals surface area contributed by atoms with Gasteiger partial charge in [0.1, 0.15) is 10.5 Å². The van der Waals surface area contributed by atoms with E-state index < -0.39 is 0 Å². The molecule has 2 aromatic carbocycles. The molecule has 0 aliphatic carbocycles. The number of rotatable bonds is 5. The maximum Gasteiger partial charge on any atom is 0.230 e. The lowest BCUT2D eigenvalue weighted by molar-refractivity contribution is -0.115. The number of nitrogens with zero attached hydrogens (tertiary/aromatic N) is 3. The fourth-order valence-electron chi connectivity index (χ4n) is 3.06. The largest absolute Gasteiger partial charge is 0.436 e. The summed E-state index contributed by atoms with van der Waals surface area (Å²) in [6.07, 6.45) is 1.93. The number of anilines is 1. The summed E-state index contributed by atoms with van der Waals surface area (Å²) in [6.45, 7) is 0. The van der Waals surface area contributed by atoms with Crippen molar-refractivity contribution in [1.82, 2.24) is 15.0 Å². The third-order valence-corrected chi connectivity index (χ3v) is 5.40. The number of para-hydroxylation sites is 2. The van der Waals surface area contributed by atoms with Gasteiger partial charge in [-0.25, -0.2) is 9.97 Å². The average molecular weight is 412 g/mol. The lowest BCUT2D eigenvalue weighted by Crippen LogP contribution is -2.14. The molecular weight excluding hydrogens is 396 g/mol. The number of carbonyl (C=O) groups excluding carboxylic acids is 1. The summed E-state index contributed by atoms with van der Waals surface area (Å²) in [5, 5.41) is 5.60. The fraction of sp³-hybridized carbons (Fsp3) is 0.0435. The molecule has 0 unspecified atom stereocenters. The third-order valence-electron chi connectivity index (χ3n) is 4.49. The summed E-state index contributed by atoms with van der Waals surface area (Å²) in [6, 6.07) is 20.7. The van der Waals surface area contributed by atoms with Crippen LogP contribution in [0, 0.1) is 0 Å². The number of aromatic nitrogens is 3. The van der Waals surface area contributed by atoms with Gasteiger partial charge in [0, 0.05) is 22.8 Å². The van der Waals surface area contributed by atoms with Gasteiger partial charge in [0.05, 0.1) is 17.8 Å². The second-order valence-corrected chi connectivity index (χ2v) is 7.51. The molecule has 0 aliphatic rings. The minimum Gasteiger partial charge on any atom is -0.436 e.